The summed E-state index contributed by atoms with van der Waals surface area (Å²) in [5, 5.41) is 3.96. The average Bonchev–Trinajstić information content (AvgIpc) is 2.10. The van der Waals surface area contributed by atoms with E-state index >= 15 is 0 Å². The summed E-state index contributed by atoms with van der Waals surface area (Å²) in [6.45, 7) is 0.295. The fourth-order valence-corrected chi connectivity index (χ4v) is 1.29. The first-order valence-electron chi connectivity index (χ1n) is 3.41. The molecule has 0 saturated carbocycles. The minimum Gasteiger partial charge on any atom is -0.224 e. The summed E-state index contributed by atoms with van der Waals surface area (Å²) in [6, 6.07) is 0. The zero-order chi connectivity index (χ0) is 9.68. The Balaban J connectivity index is 2.80. The van der Waals surface area contributed by atoms with E-state index in [4.69, 9.17) is 28.7 Å². The molecule has 0 aliphatic heterocycles. The third-order valence-electron chi connectivity index (χ3n) is 1.37. The summed E-state index contributed by atoms with van der Waals surface area (Å²) in [6.07, 6.45) is 1.73. The van der Waals surface area contributed by atoms with Gasteiger partial charge in [0.05, 0.1) is 0 Å². The number of halogens is 2. The first kappa shape index (κ1) is 10.1. The van der Waals surface area contributed by atoms with Gasteiger partial charge in [-0.3, -0.25) is 0 Å². The van der Waals surface area contributed by atoms with Crippen molar-refractivity contribution in [3.05, 3.63) is 32.6 Å². The molecule has 68 valence electrons. The van der Waals surface area contributed by atoms with Gasteiger partial charge in [-0.2, -0.15) is 0 Å². The molecule has 1 aromatic heterocycles. The van der Waals surface area contributed by atoms with Gasteiger partial charge in [0.25, 0.3) is 0 Å². The highest BCUT2D eigenvalue weighted by Gasteiger charge is 2.06. The maximum Gasteiger partial charge on any atom is 0.137 e. The van der Waals surface area contributed by atoms with Crippen LogP contribution >= 0.6 is 23.2 Å². The van der Waals surface area contributed by atoms with E-state index in [1.807, 2.05) is 0 Å². The van der Waals surface area contributed by atoms with Crippen LogP contribution in [0.2, 0.25) is 10.3 Å². The second-order valence-electron chi connectivity index (χ2n) is 2.14. The molecule has 0 bridgehead atoms. The van der Waals surface area contributed by atoms with Gasteiger partial charge in [0.2, 0.25) is 0 Å². The Morgan fingerprint density at radius 2 is 2.00 bits per heavy atom. The molecule has 0 unspecified atom stereocenters. The van der Waals surface area contributed by atoms with Crippen LogP contribution in [-0.2, 0) is 6.42 Å². The number of rotatable bonds is 3. The lowest BCUT2D eigenvalue weighted by molar-refractivity contribution is 0.932. The Morgan fingerprint density at radius 1 is 1.38 bits per heavy atom. The highest BCUT2D eigenvalue weighted by molar-refractivity contribution is 6.34. The molecule has 0 saturated heterocycles. The smallest absolute Gasteiger partial charge is 0.137 e. The van der Waals surface area contributed by atoms with E-state index in [0.717, 1.165) is 0 Å². The van der Waals surface area contributed by atoms with E-state index in [2.05, 4.69) is 20.0 Å². The lowest BCUT2D eigenvalue weighted by Crippen LogP contribution is -1.95. The van der Waals surface area contributed by atoms with Gasteiger partial charge in [-0.25, -0.2) is 9.97 Å². The monoisotopic (exact) mass is 217 g/mol. The highest BCUT2D eigenvalue weighted by Crippen LogP contribution is 2.19. The Kier molecular flexibility index (Phi) is 3.76. The molecule has 1 heterocycles. The third-order valence-corrected chi connectivity index (χ3v) is 2.02. The molecule has 0 N–H and O–H groups in total. The zero-order valence-corrected chi connectivity index (χ0v) is 8.00. The van der Waals surface area contributed by atoms with E-state index in [-0.39, 0.29) is 0 Å². The van der Waals surface area contributed by atoms with E-state index < -0.39 is 0 Å². The van der Waals surface area contributed by atoms with E-state index in [1.165, 1.54) is 6.33 Å². The van der Waals surface area contributed by atoms with Gasteiger partial charge < -0.3 is 0 Å². The molecule has 0 aromatic carbocycles. The number of aromatic nitrogens is 2. The molecule has 0 aliphatic carbocycles. The minimum absolute atomic E-state index is 0.295. The largest absolute Gasteiger partial charge is 0.224 e. The molecule has 0 fully saturated rings. The van der Waals surface area contributed by atoms with Crippen molar-refractivity contribution in [3.8, 4) is 0 Å². The summed E-state index contributed by atoms with van der Waals surface area (Å²) in [4.78, 5) is 10.1. The quantitative estimate of drug-likeness (QED) is 0.338. The zero-order valence-electron chi connectivity index (χ0n) is 6.48. The van der Waals surface area contributed by atoms with Gasteiger partial charge in [-0.15, -0.1) is 0 Å². The predicted molar refractivity (Wildman–Crippen MR) is 49.8 cm³/mol. The van der Waals surface area contributed by atoms with Crippen molar-refractivity contribution in [2.45, 2.75) is 6.42 Å². The Hall–Kier alpha value is -1.03. The molecule has 5 nitrogen and oxygen atoms in total. The highest BCUT2D eigenvalue weighted by atomic mass is 35.5. The van der Waals surface area contributed by atoms with Crippen molar-refractivity contribution < 1.29 is 0 Å². The second-order valence-corrected chi connectivity index (χ2v) is 2.85. The van der Waals surface area contributed by atoms with Gasteiger partial charge in [0.1, 0.15) is 16.6 Å². The van der Waals surface area contributed by atoms with Crippen molar-refractivity contribution in [1.29, 1.82) is 0 Å². The van der Waals surface area contributed by atoms with Crippen LogP contribution in [0.4, 0.5) is 0 Å². The maximum absolute atomic E-state index is 8.04. The van der Waals surface area contributed by atoms with Gasteiger partial charge >= 0.3 is 0 Å². The molecule has 0 aliphatic rings. The number of hydrogen-bond acceptors (Lipinski definition) is 3. The maximum atomic E-state index is 8.04. The van der Waals surface area contributed by atoms with Crippen molar-refractivity contribution in [2.75, 3.05) is 6.54 Å². The Morgan fingerprint density at radius 3 is 2.54 bits per heavy atom. The minimum atomic E-state index is 0.295. The standard InChI is InChI=1S/C6H5Cl2N5/c7-5-4(1-2-12-13-9)6(8)11-3-10-5/h3H,1-2H2. The van der Waals surface area contributed by atoms with Crippen LogP contribution in [0, 0.1) is 0 Å². The molecular formula is C6H5Cl2N5. The Labute approximate surface area is 84.3 Å². The summed E-state index contributed by atoms with van der Waals surface area (Å²) >= 11 is 11.5. The number of azide groups is 1. The van der Waals surface area contributed by atoms with E-state index in [0.29, 0.717) is 28.8 Å². The van der Waals surface area contributed by atoms with E-state index in [9.17, 15) is 0 Å². The van der Waals surface area contributed by atoms with Crippen molar-refractivity contribution in [2.24, 2.45) is 5.11 Å². The van der Waals surface area contributed by atoms with Crippen LogP contribution in [0.5, 0.6) is 0 Å². The first-order valence-corrected chi connectivity index (χ1v) is 4.17. The summed E-state index contributed by atoms with van der Waals surface area (Å²) < 4.78 is 0. The lowest BCUT2D eigenvalue weighted by Gasteiger charge is -2.01. The molecule has 7 heteroatoms. The molecule has 0 spiro atoms. The first-order chi connectivity index (χ1) is 6.25. The summed E-state index contributed by atoms with van der Waals surface area (Å²) in [7, 11) is 0. The fraction of sp³-hybridized carbons (Fsp3) is 0.333. The molecule has 1 aromatic rings. The van der Waals surface area contributed by atoms with Gasteiger partial charge in [0, 0.05) is 17.0 Å². The molecule has 0 atom stereocenters. The molecule has 13 heavy (non-hydrogen) atoms. The van der Waals surface area contributed by atoms with Crippen LogP contribution in [-0.4, -0.2) is 16.5 Å². The SMILES string of the molecule is [N-]=[N+]=NCCc1c(Cl)ncnc1Cl. The van der Waals surface area contributed by atoms with E-state index in [1.54, 1.807) is 0 Å². The van der Waals surface area contributed by atoms with Crippen LogP contribution in [0.25, 0.3) is 10.4 Å². The Bertz CT molecular complexity index is 327. The average molecular weight is 218 g/mol. The third kappa shape index (κ3) is 2.73. The van der Waals surface area contributed by atoms with Crippen molar-refractivity contribution in [3.63, 3.8) is 0 Å². The fourth-order valence-electron chi connectivity index (χ4n) is 0.784. The van der Waals surface area contributed by atoms with Gasteiger partial charge in [0.15, 0.2) is 0 Å². The van der Waals surface area contributed by atoms with Crippen molar-refractivity contribution >= 4 is 23.2 Å². The van der Waals surface area contributed by atoms with Crippen LogP contribution in [0.3, 0.4) is 0 Å². The normalized spacial score (nSPS) is 9.38. The van der Waals surface area contributed by atoms with Crippen LogP contribution < -0.4 is 0 Å². The van der Waals surface area contributed by atoms with Gasteiger partial charge in [-0.1, -0.05) is 28.3 Å². The molecule has 0 radical (unpaired) electrons. The van der Waals surface area contributed by atoms with Crippen LogP contribution in [0.1, 0.15) is 5.56 Å². The number of nitrogens with zero attached hydrogens (tertiary/aromatic N) is 5. The summed E-state index contributed by atoms with van der Waals surface area (Å²) in [5.41, 5.74) is 8.65. The molecular weight excluding hydrogens is 213 g/mol. The molecule has 0 amide bonds. The second kappa shape index (κ2) is 4.87. The number of hydrogen-bond donors (Lipinski definition) is 0. The van der Waals surface area contributed by atoms with Gasteiger partial charge in [-0.05, 0) is 12.0 Å². The topological polar surface area (TPSA) is 74.5 Å². The van der Waals surface area contributed by atoms with Crippen molar-refractivity contribution in [1.82, 2.24) is 9.97 Å². The predicted octanol–water partition coefficient (Wildman–Crippen LogP) is 2.64. The lowest BCUT2D eigenvalue weighted by atomic mass is 10.2. The molecule has 1 rings (SSSR count). The summed E-state index contributed by atoms with van der Waals surface area (Å²) in [5.74, 6) is 0. The van der Waals surface area contributed by atoms with Crippen LogP contribution in [0.15, 0.2) is 11.4 Å².